The summed E-state index contributed by atoms with van der Waals surface area (Å²) in [5.74, 6) is 0. The third kappa shape index (κ3) is 3.85. The van der Waals surface area contributed by atoms with Gasteiger partial charge in [-0.25, -0.2) is 0 Å². The van der Waals surface area contributed by atoms with Gasteiger partial charge in [0.2, 0.25) is 0 Å². The van der Waals surface area contributed by atoms with Crippen LogP contribution in [0.25, 0.3) is 93.6 Å². The van der Waals surface area contributed by atoms with Crippen molar-refractivity contribution in [2.24, 2.45) is 0 Å². The topological polar surface area (TPSA) is 78.8 Å². The van der Waals surface area contributed by atoms with Crippen molar-refractivity contribution in [1.82, 2.24) is 4.57 Å². The van der Waals surface area contributed by atoms with E-state index in [1.807, 2.05) is 78.9 Å². The largest absolute Gasteiger partial charge is 0.456 e. The molecule has 0 atom stereocenters. The minimum absolute atomic E-state index is 0.592. The fourth-order valence-electron chi connectivity index (χ4n) is 7.53. The fraction of sp³-hybridized carbons (Fsp3) is 0. The van der Waals surface area contributed by atoms with Crippen molar-refractivity contribution < 1.29 is 8.83 Å². The molecule has 0 radical (unpaired) electrons. The monoisotopic (exact) mass is 625 g/mol. The van der Waals surface area contributed by atoms with Gasteiger partial charge in [-0.05, 0) is 77.4 Å². The minimum Gasteiger partial charge on any atom is -0.456 e. The Labute approximate surface area is 279 Å². The van der Waals surface area contributed by atoms with Crippen LogP contribution in [0.2, 0.25) is 0 Å². The first-order chi connectivity index (χ1) is 24.2. The van der Waals surface area contributed by atoms with Gasteiger partial charge in [0, 0.05) is 32.5 Å². The van der Waals surface area contributed by atoms with Gasteiger partial charge < -0.3 is 13.4 Å². The molecule has 0 amide bonds. The van der Waals surface area contributed by atoms with Crippen molar-refractivity contribution in [3.63, 3.8) is 0 Å². The molecule has 3 aromatic heterocycles. The van der Waals surface area contributed by atoms with E-state index in [0.717, 1.165) is 93.6 Å². The lowest BCUT2D eigenvalue weighted by Crippen LogP contribution is -2.00. The molecule has 7 aromatic carbocycles. The average molecular weight is 626 g/mol. The van der Waals surface area contributed by atoms with Gasteiger partial charge in [-0.3, -0.25) is 0 Å². The van der Waals surface area contributed by atoms with Crippen molar-refractivity contribution in [2.45, 2.75) is 0 Å². The Kier molecular flexibility index (Phi) is 5.64. The van der Waals surface area contributed by atoms with Crippen molar-refractivity contribution >= 4 is 65.7 Å². The first-order valence-electron chi connectivity index (χ1n) is 16.0. The summed E-state index contributed by atoms with van der Waals surface area (Å²) in [6.45, 7) is 0. The van der Waals surface area contributed by atoms with E-state index in [-0.39, 0.29) is 0 Å². The van der Waals surface area contributed by atoms with Gasteiger partial charge in [-0.15, -0.1) is 0 Å². The van der Waals surface area contributed by atoms with Crippen LogP contribution in [-0.4, -0.2) is 4.57 Å². The van der Waals surface area contributed by atoms with Crippen molar-refractivity contribution in [2.75, 3.05) is 0 Å². The number of nitriles is 2. The molecular formula is C44H23N3O2. The third-order valence-corrected chi connectivity index (χ3v) is 9.70. The van der Waals surface area contributed by atoms with Crippen LogP contribution < -0.4 is 0 Å². The van der Waals surface area contributed by atoms with E-state index in [9.17, 15) is 10.5 Å². The summed E-state index contributed by atoms with van der Waals surface area (Å²) in [6.07, 6.45) is 0. The second kappa shape index (κ2) is 10.2. The maximum atomic E-state index is 10.4. The molecule has 0 aliphatic carbocycles. The molecule has 3 heterocycles. The molecule has 0 spiro atoms. The number of fused-ring (bicyclic) bond motifs is 10. The highest BCUT2D eigenvalue weighted by Gasteiger charge is 2.21. The lowest BCUT2D eigenvalue weighted by Gasteiger charge is -2.16. The first-order valence-corrected chi connectivity index (χ1v) is 16.0. The highest BCUT2D eigenvalue weighted by Crippen LogP contribution is 2.43. The molecule has 0 N–H and O–H groups in total. The fourth-order valence-corrected chi connectivity index (χ4v) is 7.53. The van der Waals surface area contributed by atoms with Gasteiger partial charge >= 0.3 is 0 Å². The van der Waals surface area contributed by atoms with Crippen LogP contribution in [0.4, 0.5) is 0 Å². The highest BCUT2D eigenvalue weighted by molar-refractivity contribution is 6.22. The van der Waals surface area contributed by atoms with Crippen LogP contribution in [0.5, 0.6) is 0 Å². The number of hydrogen-bond acceptors (Lipinski definition) is 4. The van der Waals surface area contributed by atoms with Crippen LogP contribution in [-0.2, 0) is 0 Å². The summed E-state index contributed by atoms with van der Waals surface area (Å²) in [7, 11) is 0. The Hall–Kier alpha value is -7.08. The zero-order chi connectivity index (χ0) is 32.6. The molecule has 0 aliphatic rings. The van der Waals surface area contributed by atoms with Crippen LogP contribution in [0.1, 0.15) is 11.1 Å². The smallest absolute Gasteiger partial charge is 0.147 e. The summed E-state index contributed by atoms with van der Waals surface area (Å²) in [5, 5.41) is 26.2. The Bertz CT molecular complexity index is 3030. The maximum absolute atomic E-state index is 10.4. The predicted octanol–water partition coefficient (Wildman–Crippen LogP) is 11.7. The molecule has 10 aromatic rings. The van der Waals surface area contributed by atoms with Gasteiger partial charge in [-0.1, -0.05) is 78.9 Å². The summed E-state index contributed by atoms with van der Waals surface area (Å²) in [4.78, 5) is 0. The number of nitrogens with zero attached hydrogens (tertiary/aromatic N) is 3. The van der Waals surface area contributed by atoms with Gasteiger partial charge in [-0.2, -0.15) is 10.5 Å². The number of benzene rings is 7. The van der Waals surface area contributed by atoms with E-state index >= 15 is 0 Å². The first kappa shape index (κ1) is 27.1. The Morgan fingerprint density at radius 2 is 1.04 bits per heavy atom. The van der Waals surface area contributed by atoms with E-state index in [2.05, 4.69) is 77.4 Å². The number of hydrogen-bond donors (Lipinski definition) is 0. The molecule has 0 saturated heterocycles. The second-order valence-electron chi connectivity index (χ2n) is 12.3. The molecule has 0 unspecified atom stereocenters. The molecule has 0 fully saturated rings. The average Bonchev–Trinajstić information content (AvgIpc) is 3.83. The summed E-state index contributed by atoms with van der Waals surface area (Å²) in [6, 6.07) is 51.4. The van der Waals surface area contributed by atoms with Crippen LogP contribution in [0.15, 0.2) is 148 Å². The highest BCUT2D eigenvalue weighted by atomic mass is 16.3. The van der Waals surface area contributed by atoms with Crippen LogP contribution in [0, 0.1) is 22.7 Å². The second-order valence-corrected chi connectivity index (χ2v) is 12.3. The maximum Gasteiger partial charge on any atom is 0.147 e. The number of aromatic nitrogens is 1. The van der Waals surface area contributed by atoms with E-state index in [0.29, 0.717) is 11.1 Å². The summed E-state index contributed by atoms with van der Waals surface area (Å²) >= 11 is 0. The van der Waals surface area contributed by atoms with Crippen molar-refractivity contribution in [3.05, 3.63) is 151 Å². The lowest BCUT2D eigenvalue weighted by molar-refractivity contribution is 0.663. The van der Waals surface area contributed by atoms with Gasteiger partial charge in [0.05, 0.1) is 39.3 Å². The van der Waals surface area contributed by atoms with Gasteiger partial charge in [0.15, 0.2) is 0 Å². The SMILES string of the molecule is N#Cc1ccccc1-c1ccc2oc3c(ccc4oc5ccc(-c6cccc(C#N)c6-n6c7ccccc7c7ccccc76)cc5c43)c2c1. The number of rotatable bonds is 3. The van der Waals surface area contributed by atoms with Gasteiger partial charge in [0.25, 0.3) is 0 Å². The molecule has 5 nitrogen and oxygen atoms in total. The Balaban J connectivity index is 1.22. The quantitative estimate of drug-likeness (QED) is 0.196. The van der Waals surface area contributed by atoms with Crippen molar-refractivity contribution in [1.29, 1.82) is 10.5 Å². The minimum atomic E-state index is 0.592. The molecular weight excluding hydrogens is 603 g/mol. The number of para-hydroxylation sites is 3. The zero-order valence-corrected chi connectivity index (χ0v) is 25.9. The van der Waals surface area contributed by atoms with E-state index in [1.165, 1.54) is 0 Å². The summed E-state index contributed by atoms with van der Waals surface area (Å²) < 4.78 is 15.2. The molecule has 226 valence electrons. The standard InChI is InChI=1S/C44H23N3O2/c45-24-28-8-1-2-10-30(28)26-16-19-39-35(22-26)34-18-21-41-42(44(34)49-39)36-23-27(17-20-40(36)48-41)31-13-7-9-29(25-46)43(31)47-37-14-5-3-11-32(37)33-12-4-6-15-38(33)47/h1-23H. The van der Waals surface area contributed by atoms with Crippen LogP contribution in [0.3, 0.4) is 0 Å². The summed E-state index contributed by atoms with van der Waals surface area (Å²) in [5.41, 5.74) is 10.9. The lowest BCUT2D eigenvalue weighted by atomic mass is 9.97. The molecule has 5 heteroatoms. The number of furan rings is 2. The normalized spacial score (nSPS) is 11.6. The Morgan fingerprint density at radius 3 is 1.80 bits per heavy atom. The molecule has 10 rings (SSSR count). The third-order valence-electron chi connectivity index (χ3n) is 9.70. The van der Waals surface area contributed by atoms with E-state index < -0.39 is 0 Å². The van der Waals surface area contributed by atoms with E-state index in [1.54, 1.807) is 0 Å². The van der Waals surface area contributed by atoms with Crippen molar-refractivity contribution in [3.8, 4) is 40.1 Å². The molecule has 0 saturated carbocycles. The van der Waals surface area contributed by atoms with Gasteiger partial charge in [0.1, 0.15) is 28.4 Å². The zero-order valence-electron chi connectivity index (χ0n) is 25.9. The molecule has 0 aliphatic heterocycles. The predicted molar refractivity (Wildman–Crippen MR) is 196 cm³/mol. The molecule has 0 bridgehead atoms. The van der Waals surface area contributed by atoms with Crippen LogP contribution >= 0.6 is 0 Å². The molecule has 49 heavy (non-hydrogen) atoms. The van der Waals surface area contributed by atoms with E-state index in [4.69, 9.17) is 8.83 Å². The Morgan fingerprint density at radius 1 is 0.449 bits per heavy atom.